The summed E-state index contributed by atoms with van der Waals surface area (Å²) in [7, 11) is 1.58. The van der Waals surface area contributed by atoms with Gasteiger partial charge in [-0.3, -0.25) is 9.59 Å². The molecule has 0 bridgehead atoms. The molecule has 0 saturated carbocycles. The lowest BCUT2D eigenvalue weighted by molar-refractivity contribution is -0.122. The number of amides is 2. The van der Waals surface area contributed by atoms with Gasteiger partial charge < -0.3 is 15.0 Å². The molecule has 2 amide bonds. The fourth-order valence-electron chi connectivity index (χ4n) is 3.64. The van der Waals surface area contributed by atoms with Crippen molar-refractivity contribution >= 4 is 23.2 Å². The van der Waals surface area contributed by atoms with E-state index in [0.717, 1.165) is 23.2 Å². The van der Waals surface area contributed by atoms with Gasteiger partial charge in [-0.25, -0.2) is 0 Å². The lowest BCUT2D eigenvalue weighted by Gasteiger charge is -2.23. The predicted molar refractivity (Wildman–Crippen MR) is 112 cm³/mol. The Kier molecular flexibility index (Phi) is 6.02. The number of rotatable bonds is 6. The van der Waals surface area contributed by atoms with Crippen LogP contribution in [-0.4, -0.2) is 25.5 Å². The molecular formula is C23H28N2O3. The molecule has 2 unspecified atom stereocenters. The van der Waals surface area contributed by atoms with Gasteiger partial charge in [0.25, 0.3) is 0 Å². The smallest absolute Gasteiger partial charge is 0.229 e. The van der Waals surface area contributed by atoms with Gasteiger partial charge in [0.2, 0.25) is 11.8 Å². The van der Waals surface area contributed by atoms with Gasteiger partial charge in [0.05, 0.1) is 18.7 Å². The van der Waals surface area contributed by atoms with Crippen molar-refractivity contribution in [2.24, 2.45) is 5.92 Å². The summed E-state index contributed by atoms with van der Waals surface area (Å²) < 4.78 is 5.34. The van der Waals surface area contributed by atoms with E-state index in [1.54, 1.807) is 12.0 Å². The van der Waals surface area contributed by atoms with Gasteiger partial charge in [-0.1, -0.05) is 38.1 Å². The summed E-state index contributed by atoms with van der Waals surface area (Å²) in [5.74, 6) is 0.422. The number of benzene rings is 2. The lowest BCUT2D eigenvalue weighted by Crippen LogP contribution is -2.29. The second-order valence-corrected chi connectivity index (χ2v) is 7.47. The molecule has 2 aromatic rings. The van der Waals surface area contributed by atoms with Crippen LogP contribution in [0.4, 0.5) is 11.4 Å². The quantitative estimate of drug-likeness (QED) is 0.802. The standard InChI is InChI=1S/C23H28N2O3/c1-5-16(3)18-8-6-7-9-20(18)25-14-17(13-22(25)26)23(27)24-19-12-15(2)10-11-21(19)28-4/h6-12,16-17H,5,13-14H2,1-4H3,(H,24,27). The Balaban J connectivity index is 1.78. The summed E-state index contributed by atoms with van der Waals surface area (Å²) in [5.41, 5.74) is 3.74. The van der Waals surface area contributed by atoms with Crippen LogP contribution >= 0.6 is 0 Å². The highest BCUT2D eigenvalue weighted by atomic mass is 16.5. The maximum absolute atomic E-state index is 12.8. The summed E-state index contributed by atoms with van der Waals surface area (Å²) >= 11 is 0. The Morgan fingerprint density at radius 1 is 1.29 bits per heavy atom. The Morgan fingerprint density at radius 2 is 2.04 bits per heavy atom. The molecule has 1 N–H and O–H groups in total. The summed E-state index contributed by atoms with van der Waals surface area (Å²) in [6.07, 6.45) is 1.21. The minimum Gasteiger partial charge on any atom is -0.495 e. The topological polar surface area (TPSA) is 58.6 Å². The molecule has 0 radical (unpaired) electrons. The van der Waals surface area contributed by atoms with Gasteiger partial charge in [0.15, 0.2) is 0 Å². The third-order valence-corrected chi connectivity index (χ3v) is 5.48. The zero-order valence-corrected chi connectivity index (χ0v) is 17.0. The molecule has 5 nitrogen and oxygen atoms in total. The number of nitrogens with zero attached hydrogens (tertiary/aromatic N) is 1. The first-order chi connectivity index (χ1) is 13.4. The fourth-order valence-corrected chi connectivity index (χ4v) is 3.64. The van der Waals surface area contributed by atoms with Gasteiger partial charge >= 0.3 is 0 Å². The van der Waals surface area contributed by atoms with E-state index in [1.165, 1.54) is 0 Å². The molecule has 0 aromatic heterocycles. The predicted octanol–water partition coefficient (Wildman–Crippen LogP) is 4.51. The third kappa shape index (κ3) is 4.03. The second-order valence-electron chi connectivity index (χ2n) is 7.47. The van der Waals surface area contributed by atoms with Crippen molar-refractivity contribution in [2.45, 2.75) is 39.5 Å². The van der Waals surface area contributed by atoms with E-state index in [0.29, 0.717) is 23.9 Å². The molecule has 0 aliphatic carbocycles. The molecule has 148 valence electrons. The van der Waals surface area contributed by atoms with E-state index in [4.69, 9.17) is 4.74 Å². The maximum Gasteiger partial charge on any atom is 0.229 e. The monoisotopic (exact) mass is 380 g/mol. The van der Waals surface area contributed by atoms with Crippen LogP contribution in [0, 0.1) is 12.8 Å². The van der Waals surface area contributed by atoms with Crippen LogP contribution in [0.3, 0.4) is 0 Å². The Bertz CT molecular complexity index is 878. The molecule has 1 fully saturated rings. The van der Waals surface area contributed by atoms with E-state index in [1.807, 2.05) is 43.3 Å². The van der Waals surface area contributed by atoms with Crippen molar-refractivity contribution < 1.29 is 14.3 Å². The van der Waals surface area contributed by atoms with E-state index in [9.17, 15) is 9.59 Å². The molecule has 0 spiro atoms. The highest BCUT2D eigenvalue weighted by Gasteiger charge is 2.36. The van der Waals surface area contributed by atoms with Crippen LogP contribution in [0.2, 0.25) is 0 Å². The number of carbonyl (C=O) groups excluding carboxylic acids is 2. The number of para-hydroxylation sites is 1. The van der Waals surface area contributed by atoms with Crippen molar-refractivity contribution in [3.05, 3.63) is 53.6 Å². The van der Waals surface area contributed by atoms with Crippen LogP contribution < -0.4 is 15.0 Å². The van der Waals surface area contributed by atoms with Gasteiger partial charge in [-0.15, -0.1) is 0 Å². The Morgan fingerprint density at radius 3 is 2.75 bits per heavy atom. The van der Waals surface area contributed by atoms with E-state index >= 15 is 0 Å². The summed E-state index contributed by atoms with van der Waals surface area (Å²) in [5, 5.41) is 2.94. The van der Waals surface area contributed by atoms with Crippen LogP contribution in [0.1, 0.15) is 43.7 Å². The summed E-state index contributed by atoms with van der Waals surface area (Å²) in [6, 6.07) is 13.6. The van der Waals surface area contributed by atoms with E-state index in [-0.39, 0.29) is 24.2 Å². The highest BCUT2D eigenvalue weighted by molar-refractivity contribution is 6.04. The molecule has 3 rings (SSSR count). The van der Waals surface area contributed by atoms with E-state index < -0.39 is 0 Å². The third-order valence-electron chi connectivity index (χ3n) is 5.48. The van der Waals surface area contributed by atoms with Crippen LogP contribution in [0.15, 0.2) is 42.5 Å². The van der Waals surface area contributed by atoms with E-state index in [2.05, 4.69) is 25.2 Å². The van der Waals surface area contributed by atoms with Crippen molar-refractivity contribution in [3.63, 3.8) is 0 Å². The summed E-state index contributed by atoms with van der Waals surface area (Å²) in [6.45, 7) is 6.65. The van der Waals surface area contributed by atoms with Crippen molar-refractivity contribution in [3.8, 4) is 5.75 Å². The number of carbonyl (C=O) groups is 2. The average molecular weight is 380 g/mol. The zero-order valence-electron chi connectivity index (χ0n) is 17.0. The van der Waals surface area contributed by atoms with Gasteiger partial charge in [-0.2, -0.15) is 0 Å². The van der Waals surface area contributed by atoms with Crippen LogP contribution in [-0.2, 0) is 9.59 Å². The van der Waals surface area contributed by atoms with Gasteiger partial charge in [-0.05, 0) is 48.6 Å². The first-order valence-electron chi connectivity index (χ1n) is 9.79. The maximum atomic E-state index is 12.8. The Labute approximate surface area is 166 Å². The molecule has 1 heterocycles. The van der Waals surface area contributed by atoms with Gasteiger partial charge in [0.1, 0.15) is 5.75 Å². The molecule has 28 heavy (non-hydrogen) atoms. The number of aryl methyl sites for hydroxylation is 1. The Hall–Kier alpha value is -2.82. The molecular weight excluding hydrogens is 352 g/mol. The number of methoxy groups -OCH3 is 1. The largest absolute Gasteiger partial charge is 0.495 e. The minimum absolute atomic E-state index is 0.00731. The molecule has 1 aliphatic heterocycles. The molecule has 2 aromatic carbocycles. The van der Waals surface area contributed by atoms with Crippen molar-refractivity contribution in [2.75, 3.05) is 23.9 Å². The number of ether oxygens (including phenoxy) is 1. The number of hydrogen-bond acceptors (Lipinski definition) is 3. The van der Waals surface area contributed by atoms with Crippen molar-refractivity contribution in [1.82, 2.24) is 0 Å². The number of anilines is 2. The van der Waals surface area contributed by atoms with Crippen LogP contribution in [0.5, 0.6) is 5.75 Å². The fraction of sp³-hybridized carbons (Fsp3) is 0.391. The highest BCUT2D eigenvalue weighted by Crippen LogP contribution is 2.34. The normalized spacial score (nSPS) is 17.5. The lowest BCUT2D eigenvalue weighted by atomic mass is 9.96. The molecule has 1 saturated heterocycles. The van der Waals surface area contributed by atoms with Gasteiger partial charge in [0, 0.05) is 18.7 Å². The number of hydrogen-bond donors (Lipinski definition) is 1. The molecule has 5 heteroatoms. The number of nitrogens with one attached hydrogen (secondary N) is 1. The summed E-state index contributed by atoms with van der Waals surface area (Å²) in [4.78, 5) is 27.3. The minimum atomic E-state index is -0.386. The average Bonchev–Trinajstić information content (AvgIpc) is 3.09. The first kappa shape index (κ1) is 19.9. The SMILES string of the molecule is CCC(C)c1ccccc1N1CC(C(=O)Nc2cc(C)ccc2OC)CC1=O. The molecule has 2 atom stereocenters. The van der Waals surface area contributed by atoms with Crippen molar-refractivity contribution in [1.29, 1.82) is 0 Å². The second kappa shape index (κ2) is 8.46. The zero-order chi connectivity index (χ0) is 20.3. The molecule has 1 aliphatic rings. The first-order valence-corrected chi connectivity index (χ1v) is 9.79. The van der Waals surface area contributed by atoms with Crippen LogP contribution in [0.25, 0.3) is 0 Å².